The summed E-state index contributed by atoms with van der Waals surface area (Å²) in [6, 6.07) is 12.4. The van der Waals surface area contributed by atoms with Gasteiger partial charge in [0, 0.05) is 38.0 Å². The number of guanidine groups is 1. The van der Waals surface area contributed by atoms with Crippen molar-refractivity contribution in [2.75, 3.05) is 7.05 Å². The molecule has 2 N–H and O–H groups in total. The molecule has 0 aliphatic rings. The second kappa shape index (κ2) is 10.5. The average Bonchev–Trinajstić information content (AvgIpc) is 3.40. The largest absolute Gasteiger partial charge is 0.359 e. The highest BCUT2D eigenvalue weighted by Crippen LogP contribution is 2.22. The summed E-state index contributed by atoms with van der Waals surface area (Å²) in [5.74, 6) is 2.90. The lowest BCUT2D eigenvalue weighted by Gasteiger charge is -2.12. The maximum absolute atomic E-state index is 5.47. The minimum absolute atomic E-state index is 0.452. The van der Waals surface area contributed by atoms with E-state index in [4.69, 9.17) is 4.52 Å². The lowest BCUT2D eigenvalue weighted by atomic mass is 9.99. The summed E-state index contributed by atoms with van der Waals surface area (Å²) in [5, 5.41) is 10.8. The van der Waals surface area contributed by atoms with Crippen molar-refractivity contribution in [3.8, 4) is 0 Å². The first-order valence-corrected chi connectivity index (χ1v) is 10.2. The molecule has 0 bridgehead atoms. The molecule has 154 valence electrons. The molecule has 0 radical (unpaired) electrons. The Balaban J connectivity index is 1.52. The molecule has 29 heavy (non-hydrogen) atoms. The SMILES string of the molecule is CCC(CC)c1cc(CNC(=NC)NCc2nccn2Cc2ccccc2)on1. The van der Waals surface area contributed by atoms with Crippen LogP contribution in [-0.2, 0) is 19.6 Å². The van der Waals surface area contributed by atoms with Crippen molar-refractivity contribution in [2.24, 2.45) is 4.99 Å². The number of rotatable bonds is 9. The van der Waals surface area contributed by atoms with E-state index in [0.29, 0.717) is 25.0 Å². The fourth-order valence-corrected chi connectivity index (χ4v) is 3.30. The smallest absolute Gasteiger partial charge is 0.191 e. The third-order valence-corrected chi connectivity index (χ3v) is 5.05. The molecule has 0 saturated carbocycles. The third-order valence-electron chi connectivity index (χ3n) is 5.05. The first-order chi connectivity index (χ1) is 14.2. The Morgan fingerprint density at radius 3 is 2.62 bits per heavy atom. The molecule has 0 saturated heterocycles. The molecule has 7 nitrogen and oxygen atoms in total. The molecule has 1 aromatic carbocycles. The van der Waals surface area contributed by atoms with Crippen molar-refractivity contribution in [1.82, 2.24) is 25.3 Å². The molecule has 0 atom stereocenters. The fourth-order valence-electron chi connectivity index (χ4n) is 3.30. The summed E-state index contributed by atoms with van der Waals surface area (Å²) < 4.78 is 7.60. The van der Waals surface area contributed by atoms with Crippen LogP contribution in [0.15, 0.2) is 58.3 Å². The first kappa shape index (κ1) is 20.6. The molecule has 7 heteroatoms. The van der Waals surface area contributed by atoms with Crippen LogP contribution in [0.25, 0.3) is 0 Å². The Morgan fingerprint density at radius 1 is 1.14 bits per heavy atom. The molecular weight excluding hydrogens is 364 g/mol. The van der Waals surface area contributed by atoms with Crippen LogP contribution in [0.4, 0.5) is 0 Å². The van der Waals surface area contributed by atoms with Gasteiger partial charge < -0.3 is 19.7 Å². The zero-order chi connectivity index (χ0) is 20.5. The monoisotopic (exact) mass is 394 g/mol. The number of aliphatic imine (C=N–C) groups is 1. The number of aromatic nitrogens is 3. The molecule has 2 aromatic heterocycles. The lowest BCUT2D eigenvalue weighted by molar-refractivity contribution is 0.368. The summed E-state index contributed by atoms with van der Waals surface area (Å²) in [6.07, 6.45) is 5.95. The number of imidazole rings is 1. The van der Waals surface area contributed by atoms with Crippen LogP contribution in [0.1, 0.15) is 55.4 Å². The van der Waals surface area contributed by atoms with Gasteiger partial charge in [-0.15, -0.1) is 0 Å². The van der Waals surface area contributed by atoms with Gasteiger partial charge in [-0.25, -0.2) is 4.98 Å². The van der Waals surface area contributed by atoms with Gasteiger partial charge in [0.2, 0.25) is 0 Å². The second-order valence-corrected chi connectivity index (χ2v) is 6.97. The number of nitrogens with one attached hydrogen (secondary N) is 2. The van der Waals surface area contributed by atoms with E-state index >= 15 is 0 Å². The number of benzene rings is 1. The van der Waals surface area contributed by atoms with Gasteiger partial charge in [-0.05, 0) is 18.4 Å². The van der Waals surface area contributed by atoms with E-state index in [-0.39, 0.29) is 0 Å². The van der Waals surface area contributed by atoms with Crippen LogP contribution >= 0.6 is 0 Å². The summed E-state index contributed by atoms with van der Waals surface area (Å²) in [6.45, 7) is 6.25. The van der Waals surface area contributed by atoms with Gasteiger partial charge in [-0.3, -0.25) is 4.99 Å². The summed E-state index contributed by atoms with van der Waals surface area (Å²) >= 11 is 0. The van der Waals surface area contributed by atoms with E-state index in [2.05, 4.69) is 56.3 Å². The number of hydrogen-bond acceptors (Lipinski definition) is 4. The second-order valence-electron chi connectivity index (χ2n) is 6.97. The summed E-state index contributed by atoms with van der Waals surface area (Å²) in [4.78, 5) is 8.75. The van der Waals surface area contributed by atoms with E-state index in [9.17, 15) is 0 Å². The van der Waals surface area contributed by atoms with E-state index < -0.39 is 0 Å². The highest BCUT2D eigenvalue weighted by atomic mass is 16.5. The maximum Gasteiger partial charge on any atom is 0.191 e. The predicted molar refractivity (Wildman–Crippen MR) is 115 cm³/mol. The van der Waals surface area contributed by atoms with Gasteiger partial charge in [0.15, 0.2) is 11.7 Å². The third kappa shape index (κ3) is 5.70. The summed E-state index contributed by atoms with van der Waals surface area (Å²) in [5.41, 5.74) is 2.27. The van der Waals surface area contributed by atoms with Crippen molar-refractivity contribution >= 4 is 5.96 Å². The van der Waals surface area contributed by atoms with Crippen LogP contribution in [0.5, 0.6) is 0 Å². The quantitative estimate of drug-likeness (QED) is 0.427. The van der Waals surface area contributed by atoms with Gasteiger partial charge in [0.25, 0.3) is 0 Å². The van der Waals surface area contributed by atoms with Crippen LogP contribution in [-0.4, -0.2) is 27.7 Å². The van der Waals surface area contributed by atoms with Crippen LogP contribution < -0.4 is 10.6 Å². The Bertz CT molecular complexity index is 895. The van der Waals surface area contributed by atoms with Gasteiger partial charge in [0.05, 0.1) is 18.8 Å². The van der Waals surface area contributed by atoms with Gasteiger partial charge in [-0.1, -0.05) is 49.3 Å². The normalized spacial score (nSPS) is 11.8. The molecule has 3 rings (SSSR count). The van der Waals surface area contributed by atoms with E-state index in [1.165, 1.54) is 5.56 Å². The fraction of sp³-hybridized carbons (Fsp3) is 0.409. The van der Waals surface area contributed by atoms with E-state index in [0.717, 1.165) is 36.7 Å². The molecule has 0 unspecified atom stereocenters. The molecule has 0 amide bonds. The average molecular weight is 395 g/mol. The maximum atomic E-state index is 5.47. The zero-order valence-electron chi connectivity index (χ0n) is 17.4. The topological polar surface area (TPSA) is 80.3 Å². The van der Waals surface area contributed by atoms with Gasteiger partial charge >= 0.3 is 0 Å². The molecule has 2 heterocycles. The Labute approximate surface area is 172 Å². The predicted octanol–water partition coefficient (Wildman–Crippen LogP) is 3.69. The highest BCUT2D eigenvalue weighted by Gasteiger charge is 2.13. The van der Waals surface area contributed by atoms with Crippen molar-refractivity contribution in [3.63, 3.8) is 0 Å². The minimum Gasteiger partial charge on any atom is -0.359 e. The van der Waals surface area contributed by atoms with Crippen LogP contribution in [0.2, 0.25) is 0 Å². The Kier molecular flexibility index (Phi) is 7.44. The van der Waals surface area contributed by atoms with Crippen molar-refractivity contribution in [1.29, 1.82) is 0 Å². The van der Waals surface area contributed by atoms with E-state index in [1.807, 2.05) is 36.7 Å². The zero-order valence-corrected chi connectivity index (χ0v) is 17.4. The first-order valence-electron chi connectivity index (χ1n) is 10.2. The van der Waals surface area contributed by atoms with Crippen molar-refractivity contribution in [3.05, 3.63) is 71.6 Å². The van der Waals surface area contributed by atoms with Crippen LogP contribution in [0, 0.1) is 0 Å². The number of hydrogen-bond donors (Lipinski definition) is 2. The van der Waals surface area contributed by atoms with Crippen LogP contribution in [0.3, 0.4) is 0 Å². The molecule has 0 spiro atoms. The minimum atomic E-state index is 0.452. The summed E-state index contributed by atoms with van der Waals surface area (Å²) in [7, 11) is 1.75. The highest BCUT2D eigenvalue weighted by molar-refractivity contribution is 5.79. The van der Waals surface area contributed by atoms with E-state index in [1.54, 1.807) is 7.05 Å². The van der Waals surface area contributed by atoms with Crippen molar-refractivity contribution in [2.45, 2.75) is 52.2 Å². The van der Waals surface area contributed by atoms with Gasteiger partial charge in [-0.2, -0.15) is 0 Å². The molecule has 0 aliphatic heterocycles. The molecule has 0 fully saturated rings. The standard InChI is InChI=1S/C22H30N6O/c1-4-18(5-2)20-13-19(29-27-20)14-25-22(23-3)26-15-21-24-11-12-28(21)16-17-9-7-6-8-10-17/h6-13,18H,4-5,14-16H2,1-3H3,(H2,23,25,26). The molecule has 0 aliphatic carbocycles. The van der Waals surface area contributed by atoms with Gasteiger partial charge in [0.1, 0.15) is 5.82 Å². The number of nitrogens with zero attached hydrogens (tertiary/aromatic N) is 4. The molecular formula is C22H30N6O. The van der Waals surface area contributed by atoms with Crippen molar-refractivity contribution < 1.29 is 4.52 Å². The molecule has 3 aromatic rings. The Hall–Kier alpha value is -3.09. The Morgan fingerprint density at radius 2 is 1.90 bits per heavy atom. The lowest BCUT2D eigenvalue weighted by Crippen LogP contribution is -2.36.